The molecule has 0 saturated heterocycles. The zero-order chi connectivity index (χ0) is 17.6. The van der Waals surface area contributed by atoms with Gasteiger partial charge in [0.2, 0.25) is 0 Å². The largest absolute Gasteiger partial charge is 0.281 e. The van der Waals surface area contributed by atoms with Gasteiger partial charge >= 0.3 is 0 Å². The molecule has 126 valence electrons. The number of benzene rings is 2. The van der Waals surface area contributed by atoms with Gasteiger partial charge in [0.25, 0.3) is 0 Å². The first-order valence-electron chi connectivity index (χ1n) is 7.89. The third-order valence-corrected chi connectivity index (χ3v) is 4.16. The highest BCUT2D eigenvalue weighted by molar-refractivity contribution is 5.67. The van der Waals surface area contributed by atoms with Crippen LogP contribution in [0, 0.1) is 24.7 Å². The van der Waals surface area contributed by atoms with E-state index >= 15 is 0 Å². The highest BCUT2D eigenvalue weighted by Gasteiger charge is 2.23. The van der Waals surface area contributed by atoms with Gasteiger partial charge in [-0.25, -0.2) is 11.0 Å². The van der Waals surface area contributed by atoms with Gasteiger partial charge in [0.1, 0.15) is 0 Å². The summed E-state index contributed by atoms with van der Waals surface area (Å²) < 4.78 is 3.33. The second kappa shape index (κ2) is 5.64. The van der Waals surface area contributed by atoms with Gasteiger partial charge in [0.15, 0.2) is 22.6 Å². The lowest BCUT2D eigenvalue weighted by Crippen LogP contribution is -2.41. The van der Waals surface area contributed by atoms with E-state index in [4.69, 9.17) is 15.8 Å². The van der Waals surface area contributed by atoms with Crippen LogP contribution in [0.25, 0.3) is 11.4 Å². The van der Waals surface area contributed by atoms with Crippen LogP contribution >= 0.6 is 0 Å². The minimum atomic E-state index is 0.0608. The first kappa shape index (κ1) is 15.2. The SMILES string of the molecule is Cc1cccc(-n2c3c(n(-c4cccc(C)c4)c(=N)c2=N)NON3)c1. The number of aromatic nitrogens is 2. The Hall–Kier alpha value is -3.32. The van der Waals surface area contributed by atoms with Gasteiger partial charge < -0.3 is 0 Å². The molecule has 7 heteroatoms. The minimum Gasteiger partial charge on any atom is -0.281 e. The molecule has 3 aromatic rings. The quantitative estimate of drug-likeness (QED) is 0.580. The Morgan fingerprint density at radius 1 is 0.760 bits per heavy atom. The van der Waals surface area contributed by atoms with Crippen molar-refractivity contribution in [3.05, 3.63) is 70.6 Å². The molecule has 2 heterocycles. The number of rotatable bonds is 2. The van der Waals surface area contributed by atoms with Crippen molar-refractivity contribution >= 4 is 11.6 Å². The fourth-order valence-corrected chi connectivity index (χ4v) is 3.01. The topological polar surface area (TPSA) is 90.9 Å². The first-order valence-corrected chi connectivity index (χ1v) is 7.89. The van der Waals surface area contributed by atoms with Crippen molar-refractivity contribution in [1.82, 2.24) is 9.13 Å². The molecule has 0 spiro atoms. The van der Waals surface area contributed by atoms with Crippen molar-refractivity contribution in [2.24, 2.45) is 0 Å². The molecule has 4 rings (SSSR count). The smallest absolute Gasteiger partial charge is 0.182 e. The average Bonchev–Trinajstić information content (AvgIpc) is 3.04. The lowest BCUT2D eigenvalue weighted by Gasteiger charge is -2.17. The molecule has 0 amide bonds. The summed E-state index contributed by atoms with van der Waals surface area (Å²) in [6.45, 7) is 3.99. The maximum absolute atomic E-state index is 8.55. The lowest BCUT2D eigenvalue weighted by molar-refractivity contribution is 0.279. The Bertz CT molecular complexity index is 1010. The Morgan fingerprint density at radius 3 is 1.60 bits per heavy atom. The molecule has 0 atom stereocenters. The molecular weight excluding hydrogens is 316 g/mol. The lowest BCUT2D eigenvalue weighted by atomic mass is 10.2. The standard InChI is InChI=1S/C18H18N6O/c1-11-5-3-7-13(9-11)23-15(19)16(20)24(18-17(23)21-25-22-18)14-8-4-6-12(2)10-14/h3-10,19-22H,1-2H3. The molecular formula is C18H18N6O. The molecule has 0 aliphatic carbocycles. The van der Waals surface area contributed by atoms with Crippen molar-refractivity contribution in [3.8, 4) is 11.4 Å². The summed E-state index contributed by atoms with van der Waals surface area (Å²) >= 11 is 0. The summed E-state index contributed by atoms with van der Waals surface area (Å²) in [4.78, 5) is 5.20. The van der Waals surface area contributed by atoms with Crippen molar-refractivity contribution in [1.29, 1.82) is 10.8 Å². The third-order valence-electron chi connectivity index (χ3n) is 4.16. The summed E-state index contributed by atoms with van der Waals surface area (Å²) in [6, 6.07) is 15.6. The molecule has 0 saturated carbocycles. The number of anilines is 2. The van der Waals surface area contributed by atoms with Gasteiger partial charge in [-0.2, -0.15) is 4.94 Å². The van der Waals surface area contributed by atoms with Crippen LogP contribution in [0.2, 0.25) is 0 Å². The fourth-order valence-electron chi connectivity index (χ4n) is 3.01. The zero-order valence-corrected chi connectivity index (χ0v) is 13.9. The highest BCUT2D eigenvalue weighted by Crippen LogP contribution is 2.28. The van der Waals surface area contributed by atoms with E-state index < -0.39 is 0 Å². The van der Waals surface area contributed by atoms with Crippen molar-refractivity contribution in [3.63, 3.8) is 0 Å². The van der Waals surface area contributed by atoms with E-state index in [9.17, 15) is 0 Å². The van der Waals surface area contributed by atoms with E-state index in [-0.39, 0.29) is 11.0 Å². The van der Waals surface area contributed by atoms with E-state index in [1.807, 2.05) is 62.4 Å². The Morgan fingerprint density at radius 2 is 1.20 bits per heavy atom. The number of nitrogens with zero attached hydrogens (tertiary/aromatic N) is 2. The summed E-state index contributed by atoms with van der Waals surface area (Å²) in [5, 5.41) is 17.1. The highest BCUT2D eigenvalue weighted by atomic mass is 16.8. The number of nitrogens with one attached hydrogen (secondary N) is 4. The van der Waals surface area contributed by atoms with Crippen LogP contribution < -0.4 is 21.9 Å². The normalized spacial score (nSPS) is 12.4. The average molecular weight is 334 g/mol. The van der Waals surface area contributed by atoms with Crippen LogP contribution in [-0.2, 0) is 4.94 Å². The first-order chi connectivity index (χ1) is 12.1. The van der Waals surface area contributed by atoms with E-state index in [1.165, 1.54) is 0 Å². The summed E-state index contributed by atoms with van der Waals surface area (Å²) in [5.74, 6) is 1.15. The maximum atomic E-state index is 8.55. The zero-order valence-electron chi connectivity index (χ0n) is 13.9. The number of hydrogen-bond donors (Lipinski definition) is 4. The second-order valence-electron chi connectivity index (χ2n) is 6.05. The van der Waals surface area contributed by atoms with Gasteiger partial charge in [-0.1, -0.05) is 24.3 Å². The van der Waals surface area contributed by atoms with E-state index in [0.29, 0.717) is 11.6 Å². The Balaban J connectivity index is 2.06. The van der Waals surface area contributed by atoms with Crippen molar-refractivity contribution < 1.29 is 4.94 Å². The minimum absolute atomic E-state index is 0.0608. The predicted molar refractivity (Wildman–Crippen MR) is 94.6 cm³/mol. The fraction of sp³-hybridized carbons (Fsp3) is 0.111. The van der Waals surface area contributed by atoms with Crippen LogP contribution in [0.15, 0.2) is 48.5 Å². The summed E-state index contributed by atoms with van der Waals surface area (Å²) in [7, 11) is 0. The molecule has 1 aromatic heterocycles. The molecule has 0 unspecified atom stereocenters. The second-order valence-corrected chi connectivity index (χ2v) is 6.05. The maximum Gasteiger partial charge on any atom is 0.182 e. The Kier molecular flexibility index (Phi) is 3.43. The predicted octanol–water partition coefficient (Wildman–Crippen LogP) is 2.53. The van der Waals surface area contributed by atoms with E-state index in [0.717, 1.165) is 22.5 Å². The summed E-state index contributed by atoms with van der Waals surface area (Å²) in [5.41, 5.74) is 9.48. The molecule has 4 N–H and O–H groups in total. The van der Waals surface area contributed by atoms with Crippen LogP contribution in [0.4, 0.5) is 11.6 Å². The molecule has 2 aromatic carbocycles. The van der Waals surface area contributed by atoms with Gasteiger partial charge in [-0.3, -0.25) is 20.0 Å². The van der Waals surface area contributed by atoms with Gasteiger partial charge in [0, 0.05) is 11.4 Å². The van der Waals surface area contributed by atoms with Gasteiger partial charge in [-0.15, -0.1) is 0 Å². The van der Waals surface area contributed by atoms with E-state index in [1.54, 1.807) is 9.13 Å². The van der Waals surface area contributed by atoms with Gasteiger partial charge in [-0.05, 0) is 49.2 Å². The third kappa shape index (κ3) is 2.41. The molecule has 0 radical (unpaired) electrons. The molecule has 25 heavy (non-hydrogen) atoms. The van der Waals surface area contributed by atoms with Crippen LogP contribution in [0.5, 0.6) is 0 Å². The molecule has 0 bridgehead atoms. The molecule has 7 nitrogen and oxygen atoms in total. The van der Waals surface area contributed by atoms with Gasteiger partial charge in [0.05, 0.1) is 0 Å². The van der Waals surface area contributed by atoms with Crippen LogP contribution in [0.1, 0.15) is 11.1 Å². The Labute approximate surface area is 144 Å². The molecule has 1 aliphatic heterocycles. The number of hydrogen-bond acceptors (Lipinski definition) is 5. The summed E-state index contributed by atoms with van der Waals surface area (Å²) in [6.07, 6.45) is 0. The van der Waals surface area contributed by atoms with Crippen molar-refractivity contribution in [2.75, 3.05) is 11.0 Å². The van der Waals surface area contributed by atoms with Crippen LogP contribution in [-0.4, -0.2) is 9.13 Å². The van der Waals surface area contributed by atoms with Crippen LogP contribution in [0.3, 0.4) is 0 Å². The molecule has 0 fully saturated rings. The molecule has 1 aliphatic rings. The number of fused-ring (bicyclic) bond motifs is 1. The monoisotopic (exact) mass is 334 g/mol. The number of aryl methyl sites for hydroxylation is 2. The van der Waals surface area contributed by atoms with E-state index in [2.05, 4.69) is 11.0 Å². The van der Waals surface area contributed by atoms with Crippen molar-refractivity contribution in [2.45, 2.75) is 13.8 Å².